The van der Waals surface area contributed by atoms with Gasteiger partial charge in [0.1, 0.15) is 0 Å². The topological polar surface area (TPSA) is 25.2 Å². The van der Waals surface area contributed by atoms with Crippen molar-refractivity contribution in [2.75, 3.05) is 13.1 Å². The molecule has 22 heavy (non-hydrogen) atoms. The van der Waals surface area contributed by atoms with Gasteiger partial charge in [-0.05, 0) is 37.4 Å². The van der Waals surface area contributed by atoms with E-state index in [1.54, 1.807) is 6.92 Å². The highest BCUT2D eigenvalue weighted by atomic mass is 16.1. The average molecular weight is 292 g/mol. The van der Waals surface area contributed by atoms with E-state index in [9.17, 15) is 4.79 Å². The Morgan fingerprint density at radius 1 is 1.23 bits per heavy atom. The molecule has 1 saturated heterocycles. The molecule has 4 heterocycles. The van der Waals surface area contributed by atoms with E-state index < -0.39 is 0 Å². The zero-order chi connectivity index (χ0) is 14.8. The molecule has 0 radical (unpaired) electrons. The van der Waals surface area contributed by atoms with Crippen molar-refractivity contribution in [3.63, 3.8) is 0 Å². The minimum absolute atomic E-state index is 0.185. The van der Waals surface area contributed by atoms with Gasteiger partial charge < -0.3 is 4.57 Å². The first-order valence-corrected chi connectivity index (χ1v) is 8.35. The van der Waals surface area contributed by atoms with Crippen molar-refractivity contribution in [2.24, 2.45) is 5.92 Å². The van der Waals surface area contributed by atoms with Crippen molar-refractivity contribution < 1.29 is 4.79 Å². The van der Waals surface area contributed by atoms with Crippen molar-refractivity contribution in [1.29, 1.82) is 0 Å². The van der Waals surface area contributed by atoms with Gasteiger partial charge in [0, 0.05) is 30.5 Å². The lowest BCUT2D eigenvalue weighted by Crippen LogP contribution is -2.45. The molecule has 0 spiro atoms. The maximum atomic E-state index is 12.3. The minimum Gasteiger partial charge on any atom is -0.309 e. The van der Waals surface area contributed by atoms with E-state index in [-0.39, 0.29) is 5.78 Å². The third-order valence-corrected chi connectivity index (χ3v) is 5.70. The highest BCUT2D eigenvalue weighted by Gasteiger charge is 2.42. The number of para-hydroxylation sites is 1. The van der Waals surface area contributed by atoms with Gasteiger partial charge in [0.05, 0.1) is 17.3 Å². The van der Waals surface area contributed by atoms with E-state index in [2.05, 4.69) is 39.8 Å². The summed E-state index contributed by atoms with van der Waals surface area (Å²) in [7, 11) is 0. The molecular formula is C19H20N2O. The van der Waals surface area contributed by atoms with Gasteiger partial charge in [0.25, 0.3) is 0 Å². The fourth-order valence-corrected chi connectivity index (χ4v) is 4.87. The second kappa shape index (κ2) is 4.32. The predicted molar refractivity (Wildman–Crippen MR) is 87.6 cm³/mol. The summed E-state index contributed by atoms with van der Waals surface area (Å²) in [5.74, 6) is 0.688. The fourth-order valence-electron chi connectivity index (χ4n) is 4.87. The average Bonchev–Trinajstić information content (AvgIpc) is 2.88. The number of hydrogen-bond donors (Lipinski definition) is 0. The zero-order valence-electron chi connectivity index (χ0n) is 12.9. The summed E-state index contributed by atoms with van der Waals surface area (Å²) >= 11 is 0. The highest BCUT2D eigenvalue weighted by molar-refractivity contribution is 6.16. The number of allylic oxidation sites excluding steroid dienone is 1. The van der Waals surface area contributed by atoms with Crippen molar-refractivity contribution in [2.45, 2.75) is 32.2 Å². The number of aromatic nitrogens is 1. The van der Waals surface area contributed by atoms with Crippen LogP contribution >= 0.6 is 0 Å². The van der Waals surface area contributed by atoms with Crippen LogP contribution in [0.5, 0.6) is 0 Å². The van der Waals surface area contributed by atoms with Gasteiger partial charge in [-0.25, -0.2) is 0 Å². The minimum atomic E-state index is 0.185. The van der Waals surface area contributed by atoms with E-state index in [0.717, 1.165) is 18.7 Å². The van der Waals surface area contributed by atoms with Crippen molar-refractivity contribution in [1.82, 2.24) is 9.47 Å². The molecule has 2 atom stereocenters. The number of fused-ring (bicyclic) bond motifs is 3. The molecule has 1 fully saturated rings. The molecule has 3 aliphatic heterocycles. The van der Waals surface area contributed by atoms with Gasteiger partial charge in [0.2, 0.25) is 0 Å². The maximum absolute atomic E-state index is 12.3. The number of benzene rings is 1. The maximum Gasteiger partial charge on any atom is 0.176 e. The molecule has 0 bridgehead atoms. The van der Waals surface area contributed by atoms with E-state index in [0.29, 0.717) is 12.0 Å². The predicted octanol–water partition coefficient (Wildman–Crippen LogP) is 3.39. The quantitative estimate of drug-likeness (QED) is 0.805. The Hall–Kier alpha value is -1.87. The Balaban J connectivity index is 1.89. The number of Topliss-reactive ketones (excluding diaryl/α,β-unsaturated/α-hetero) is 1. The van der Waals surface area contributed by atoms with E-state index in [1.807, 2.05) is 0 Å². The number of nitrogens with zero attached hydrogens (tertiary/aromatic N) is 2. The lowest BCUT2D eigenvalue weighted by Gasteiger charge is -2.46. The molecule has 0 saturated carbocycles. The molecule has 1 unspecified atom stereocenters. The highest BCUT2D eigenvalue weighted by Crippen LogP contribution is 2.48. The second-order valence-electron chi connectivity index (χ2n) is 6.86. The molecule has 3 nitrogen and oxygen atoms in total. The van der Waals surface area contributed by atoms with Crippen molar-refractivity contribution in [3.05, 3.63) is 41.6 Å². The first kappa shape index (κ1) is 12.7. The van der Waals surface area contributed by atoms with Gasteiger partial charge >= 0.3 is 0 Å². The smallest absolute Gasteiger partial charge is 0.176 e. The van der Waals surface area contributed by atoms with Gasteiger partial charge in [-0.3, -0.25) is 9.69 Å². The third kappa shape index (κ3) is 1.47. The van der Waals surface area contributed by atoms with Crippen LogP contribution in [-0.4, -0.2) is 28.3 Å². The van der Waals surface area contributed by atoms with Gasteiger partial charge in [-0.1, -0.05) is 24.3 Å². The Kier molecular flexibility index (Phi) is 2.49. The molecule has 2 aromatic rings. The molecule has 0 aliphatic carbocycles. The lowest BCUT2D eigenvalue weighted by molar-refractivity contribution is -0.112. The van der Waals surface area contributed by atoms with Crippen LogP contribution in [0.15, 0.2) is 30.3 Å². The molecule has 1 aromatic carbocycles. The number of rotatable bonds is 1. The zero-order valence-corrected chi connectivity index (χ0v) is 12.9. The molecule has 0 amide bonds. The van der Waals surface area contributed by atoms with Crippen LogP contribution in [0.25, 0.3) is 16.6 Å². The second-order valence-corrected chi connectivity index (χ2v) is 6.86. The summed E-state index contributed by atoms with van der Waals surface area (Å²) in [5, 5.41) is 1.34. The molecule has 112 valence electrons. The Bertz CT molecular complexity index is 829. The van der Waals surface area contributed by atoms with E-state index >= 15 is 0 Å². The van der Waals surface area contributed by atoms with Gasteiger partial charge in [-0.2, -0.15) is 0 Å². The van der Waals surface area contributed by atoms with Gasteiger partial charge in [-0.15, -0.1) is 0 Å². The van der Waals surface area contributed by atoms with Gasteiger partial charge in [0.15, 0.2) is 5.78 Å². The monoisotopic (exact) mass is 292 g/mol. The summed E-state index contributed by atoms with van der Waals surface area (Å²) in [5.41, 5.74) is 4.99. The summed E-state index contributed by atoms with van der Waals surface area (Å²) < 4.78 is 2.27. The number of carbonyl (C=O) groups is 1. The molecule has 1 aromatic heterocycles. The summed E-state index contributed by atoms with van der Waals surface area (Å²) in [4.78, 5) is 14.9. The van der Waals surface area contributed by atoms with E-state index in [4.69, 9.17) is 0 Å². The van der Waals surface area contributed by atoms with Crippen LogP contribution in [-0.2, 0) is 11.2 Å². The SMILES string of the molecule is CC(=O)C1=CC2CCCN3CCc4c(n1c1ccccc41)[C@H]23. The molecule has 5 rings (SSSR count). The molecule has 3 heteroatoms. The largest absolute Gasteiger partial charge is 0.309 e. The Labute approximate surface area is 130 Å². The fraction of sp³-hybridized carbons (Fsp3) is 0.421. The lowest BCUT2D eigenvalue weighted by atomic mass is 9.80. The summed E-state index contributed by atoms with van der Waals surface area (Å²) in [6.45, 7) is 4.06. The summed E-state index contributed by atoms with van der Waals surface area (Å²) in [6.07, 6.45) is 5.82. The van der Waals surface area contributed by atoms with Crippen LogP contribution in [0.1, 0.15) is 37.1 Å². The Morgan fingerprint density at radius 3 is 2.95 bits per heavy atom. The van der Waals surface area contributed by atoms with Crippen molar-refractivity contribution >= 4 is 22.4 Å². The van der Waals surface area contributed by atoms with Crippen LogP contribution in [0.3, 0.4) is 0 Å². The first-order valence-electron chi connectivity index (χ1n) is 8.35. The molecular weight excluding hydrogens is 272 g/mol. The summed E-state index contributed by atoms with van der Waals surface area (Å²) in [6, 6.07) is 9.07. The molecule has 3 aliphatic rings. The standard InChI is InChI=1S/C19H20N2O/c1-12(22)17-11-13-5-4-9-20-10-8-15-14-6-2-3-7-16(14)21(17)19(15)18(13)20/h2-3,6-7,11,13,18H,4-5,8-10H2,1H3/t13?,18-/m0/s1. The number of piperidine rings is 1. The molecule has 0 N–H and O–H groups in total. The van der Waals surface area contributed by atoms with E-state index in [1.165, 1.54) is 41.5 Å². The number of ketones is 1. The normalized spacial score (nSPS) is 26.7. The van der Waals surface area contributed by atoms with Crippen LogP contribution in [0.2, 0.25) is 0 Å². The number of hydrogen-bond acceptors (Lipinski definition) is 2. The third-order valence-electron chi connectivity index (χ3n) is 5.70. The first-order chi connectivity index (χ1) is 10.8. The van der Waals surface area contributed by atoms with Crippen LogP contribution in [0, 0.1) is 5.92 Å². The van der Waals surface area contributed by atoms with Crippen LogP contribution in [0.4, 0.5) is 0 Å². The van der Waals surface area contributed by atoms with Crippen molar-refractivity contribution in [3.8, 4) is 0 Å². The Morgan fingerprint density at radius 2 is 2.09 bits per heavy atom. The van der Waals surface area contributed by atoms with Crippen LogP contribution < -0.4 is 0 Å². The number of carbonyl (C=O) groups excluding carboxylic acids is 1.